The van der Waals surface area contributed by atoms with E-state index in [1.165, 1.54) is 19.3 Å². The van der Waals surface area contributed by atoms with E-state index in [9.17, 15) is 9.59 Å². The van der Waals surface area contributed by atoms with Crippen LogP contribution in [0.5, 0.6) is 0 Å². The van der Waals surface area contributed by atoms with Gasteiger partial charge in [-0.2, -0.15) is 0 Å². The number of carbonyl (C=O) groups is 2. The van der Waals surface area contributed by atoms with Crippen LogP contribution in [0.3, 0.4) is 0 Å². The number of nitrogens with one attached hydrogen (secondary N) is 3. The molecule has 0 bridgehead atoms. The van der Waals surface area contributed by atoms with Crippen LogP contribution in [0.25, 0.3) is 0 Å². The molecule has 8 heteroatoms. The van der Waals surface area contributed by atoms with Crippen LogP contribution >= 0.6 is 0 Å². The number of hydrogen-bond donors (Lipinski definition) is 4. The summed E-state index contributed by atoms with van der Waals surface area (Å²) in [4.78, 5) is 29.8. The predicted octanol–water partition coefficient (Wildman–Crippen LogP) is -1.37. The Bertz CT molecular complexity index is 408. The van der Waals surface area contributed by atoms with Gasteiger partial charge in [0, 0.05) is 20.0 Å². The number of nitrogens with zero attached hydrogens (tertiary/aromatic N) is 2. The molecular formula is C9H14N6O2. The standard InChI is InChI=1S/C9H14N6O2/c1-6(16)12-2-3-13-9(17)7-4-11-5-8(14-7)15-10/h4-5H,2-3,10H2,1H3,(H,12,16)(H,13,17)(H,14,15). The first-order chi connectivity index (χ1) is 8.13. The van der Waals surface area contributed by atoms with E-state index in [1.54, 1.807) is 0 Å². The molecule has 0 radical (unpaired) electrons. The quantitative estimate of drug-likeness (QED) is 0.285. The number of nitrogens with two attached hydrogens (primary N) is 1. The normalized spacial score (nSPS) is 9.53. The minimum Gasteiger partial charge on any atom is -0.355 e. The Morgan fingerprint density at radius 3 is 2.65 bits per heavy atom. The van der Waals surface area contributed by atoms with Crippen molar-refractivity contribution in [3.05, 3.63) is 18.1 Å². The smallest absolute Gasteiger partial charge is 0.271 e. The third-order valence-electron chi connectivity index (χ3n) is 1.80. The summed E-state index contributed by atoms with van der Waals surface area (Å²) in [6, 6.07) is 0. The van der Waals surface area contributed by atoms with Gasteiger partial charge in [0.2, 0.25) is 5.91 Å². The molecule has 1 heterocycles. The van der Waals surface area contributed by atoms with E-state index in [-0.39, 0.29) is 17.5 Å². The van der Waals surface area contributed by atoms with Gasteiger partial charge in [-0.25, -0.2) is 10.8 Å². The monoisotopic (exact) mass is 238 g/mol. The summed E-state index contributed by atoms with van der Waals surface area (Å²) >= 11 is 0. The van der Waals surface area contributed by atoms with Gasteiger partial charge in [-0.1, -0.05) is 0 Å². The summed E-state index contributed by atoms with van der Waals surface area (Å²) in [6.45, 7) is 2.09. The minimum absolute atomic E-state index is 0.145. The molecule has 17 heavy (non-hydrogen) atoms. The molecule has 0 aliphatic rings. The van der Waals surface area contributed by atoms with Gasteiger partial charge in [0.1, 0.15) is 5.69 Å². The Morgan fingerprint density at radius 1 is 1.29 bits per heavy atom. The minimum atomic E-state index is -0.375. The highest BCUT2D eigenvalue weighted by Gasteiger charge is 2.07. The van der Waals surface area contributed by atoms with Crippen LogP contribution in [-0.4, -0.2) is 34.9 Å². The first-order valence-electron chi connectivity index (χ1n) is 4.94. The van der Waals surface area contributed by atoms with Crippen molar-refractivity contribution in [3.8, 4) is 0 Å². The van der Waals surface area contributed by atoms with Crippen LogP contribution in [0, 0.1) is 0 Å². The maximum atomic E-state index is 11.6. The third kappa shape index (κ3) is 4.43. The molecule has 0 saturated carbocycles. The summed E-state index contributed by atoms with van der Waals surface area (Å²) in [6.07, 6.45) is 2.72. The molecule has 0 atom stereocenters. The molecule has 2 amide bonds. The SMILES string of the molecule is CC(=O)NCCNC(=O)c1cncc(NN)n1. The van der Waals surface area contributed by atoms with Gasteiger partial charge < -0.3 is 16.1 Å². The van der Waals surface area contributed by atoms with Crippen LogP contribution < -0.4 is 21.9 Å². The van der Waals surface area contributed by atoms with Gasteiger partial charge in [-0.15, -0.1) is 0 Å². The van der Waals surface area contributed by atoms with Gasteiger partial charge in [0.05, 0.1) is 12.4 Å². The molecule has 8 nitrogen and oxygen atoms in total. The van der Waals surface area contributed by atoms with Crippen LogP contribution in [0.2, 0.25) is 0 Å². The first kappa shape index (κ1) is 12.8. The second-order valence-electron chi connectivity index (χ2n) is 3.17. The molecule has 1 aromatic rings. The van der Waals surface area contributed by atoms with E-state index in [0.29, 0.717) is 18.9 Å². The summed E-state index contributed by atoms with van der Waals surface area (Å²) in [5.74, 6) is 4.93. The molecule has 92 valence electrons. The van der Waals surface area contributed by atoms with Crippen molar-refractivity contribution in [1.29, 1.82) is 0 Å². The number of hydrogen-bond acceptors (Lipinski definition) is 6. The van der Waals surface area contributed by atoms with Crippen LogP contribution in [0.4, 0.5) is 5.82 Å². The van der Waals surface area contributed by atoms with Crippen LogP contribution in [0.15, 0.2) is 12.4 Å². The molecular weight excluding hydrogens is 224 g/mol. The van der Waals surface area contributed by atoms with Crippen molar-refractivity contribution in [2.24, 2.45) is 5.84 Å². The fourth-order valence-electron chi connectivity index (χ4n) is 1.05. The van der Waals surface area contributed by atoms with E-state index >= 15 is 0 Å². The summed E-state index contributed by atoms with van der Waals surface area (Å²) in [5, 5.41) is 5.13. The van der Waals surface area contributed by atoms with Crippen molar-refractivity contribution >= 4 is 17.6 Å². The van der Waals surface area contributed by atoms with Crippen molar-refractivity contribution in [3.63, 3.8) is 0 Å². The zero-order valence-corrected chi connectivity index (χ0v) is 9.36. The Kier molecular flexibility index (Phi) is 4.82. The number of anilines is 1. The molecule has 0 aliphatic carbocycles. The van der Waals surface area contributed by atoms with E-state index in [1.807, 2.05) is 0 Å². The second-order valence-corrected chi connectivity index (χ2v) is 3.17. The molecule has 0 fully saturated rings. The number of hydrazine groups is 1. The zero-order valence-electron chi connectivity index (χ0n) is 9.36. The number of carbonyl (C=O) groups excluding carboxylic acids is 2. The maximum Gasteiger partial charge on any atom is 0.271 e. The lowest BCUT2D eigenvalue weighted by atomic mass is 10.4. The molecule has 0 aromatic carbocycles. The Morgan fingerprint density at radius 2 is 2.00 bits per heavy atom. The van der Waals surface area contributed by atoms with Crippen molar-refractivity contribution in [1.82, 2.24) is 20.6 Å². The third-order valence-corrected chi connectivity index (χ3v) is 1.80. The predicted molar refractivity (Wildman–Crippen MR) is 60.9 cm³/mol. The lowest BCUT2D eigenvalue weighted by molar-refractivity contribution is -0.118. The van der Waals surface area contributed by atoms with E-state index in [2.05, 4.69) is 26.0 Å². The number of rotatable bonds is 5. The zero-order chi connectivity index (χ0) is 12.7. The van der Waals surface area contributed by atoms with E-state index in [4.69, 9.17) is 5.84 Å². The topological polar surface area (TPSA) is 122 Å². The fraction of sp³-hybridized carbons (Fsp3) is 0.333. The average molecular weight is 238 g/mol. The lowest BCUT2D eigenvalue weighted by Crippen LogP contribution is -2.34. The van der Waals surface area contributed by atoms with Crippen molar-refractivity contribution in [2.75, 3.05) is 18.5 Å². The molecule has 1 aromatic heterocycles. The van der Waals surface area contributed by atoms with E-state index in [0.717, 1.165) is 0 Å². The Labute approximate surface area is 98.0 Å². The molecule has 1 rings (SSSR count). The number of aromatic nitrogens is 2. The molecule has 0 unspecified atom stereocenters. The number of amides is 2. The molecule has 5 N–H and O–H groups in total. The fourth-order valence-corrected chi connectivity index (χ4v) is 1.05. The largest absolute Gasteiger partial charge is 0.355 e. The van der Waals surface area contributed by atoms with Gasteiger partial charge in [0.25, 0.3) is 5.91 Å². The number of nitrogen functional groups attached to an aromatic ring is 1. The van der Waals surface area contributed by atoms with Gasteiger partial charge in [-0.3, -0.25) is 14.6 Å². The van der Waals surface area contributed by atoms with Crippen LogP contribution in [-0.2, 0) is 4.79 Å². The first-order valence-corrected chi connectivity index (χ1v) is 4.94. The van der Waals surface area contributed by atoms with E-state index < -0.39 is 0 Å². The summed E-state index contributed by atoms with van der Waals surface area (Å²) in [7, 11) is 0. The van der Waals surface area contributed by atoms with Crippen molar-refractivity contribution in [2.45, 2.75) is 6.92 Å². The van der Waals surface area contributed by atoms with Gasteiger partial charge in [-0.05, 0) is 0 Å². The average Bonchev–Trinajstić information content (AvgIpc) is 2.34. The lowest BCUT2D eigenvalue weighted by Gasteiger charge is -2.05. The van der Waals surface area contributed by atoms with Crippen molar-refractivity contribution < 1.29 is 9.59 Å². The Balaban J connectivity index is 2.43. The highest BCUT2D eigenvalue weighted by atomic mass is 16.2. The van der Waals surface area contributed by atoms with Gasteiger partial charge >= 0.3 is 0 Å². The summed E-state index contributed by atoms with van der Waals surface area (Å²) < 4.78 is 0. The second kappa shape index (κ2) is 6.38. The highest BCUT2D eigenvalue weighted by Crippen LogP contribution is 1.99. The highest BCUT2D eigenvalue weighted by molar-refractivity contribution is 5.92. The molecule has 0 spiro atoms. The maximum absolute atomic E-state index is 11.6. The van der Waals surface area contributed by atoms with Gasteiger partial charge in [0.15, 0.2) is 5.82 Å². The Hall–Kier alpha value is -2.22. The van der Waals surface area contributed by atoms with Crippen LogP contribution in [0.1, 0.15) is 17.4 Å². The molecule has 0 aliphatic heterocycles. The summed E-state index contributed by atoms with van der Waals surface area (Å²) in [5.41, 5.74) is 2.45. The molecule has 0 saturated heterocycles.